The summed E-state index contributed by atoms with van der Waals surface area (Å²) in [6.45, 7) is 6.78. The molecule has 1 aromatic heterocycles. The third-order valence-electron chi connectivity index (χ3n) is 3.01. The minimum Gasteiger partial charge on any atom is -0.390 e. The number of aliphatic imine (C=N–C) groups is 1. The average Bonchev–Trinajstić information content (AvgIpc) is 2.99. The molecule has 0 aliphatic rings. The Balaban J connectivity index is 2.62. The van der Waals surface area contributed by atoms with Gasteiger partial charge in [-0.1, -0.05) is 13.0 Å². The van der Waals surface area contributed by atoms with Gasteiger partial charge in [-0.05, 0) is 31.7 Å². The van der Waals surface area contributed by atoms with Crippen molar-refractivity contribution >= 4 is 27.1 Å². The summed E-state index contributed by atoms with van der Waals surface area (Å²) in [4.78, 5) is 4.25. The molecule has 1 rings (SSSR count). The molecule has 22 heavy (non-hydrogen) atoms. The first kappa shape index (κ1) is 18.9. The highest BCUT2D eigenvalue weighted by Gasteiger charge is 2.20. The zero-order valence-corrected chi connectivity index (χ0v) is 14.9. The zero-order chi connectivity index (χ0) is 16.6. The maximum Gasteiger partial charge on any atom is 0.191 e. The molecule has 2 unspecified atom stereocenters. The Kier molecular flexibility index (Phi) is 7.84. The fourth-order valence-corrected chi connectivity index (χ4v) is 4.15. The van der Waals surface area contributed by atoms with Crippen molar-refractivity contribution in [1.29, 1.82) is 0 Å². The van der Waals surface area contributed by atoms with Crippen molar-refractivity contribution in [1.82, 2.24) is 10.6 Å². The Labute approximate surface area is 136 Å². The van der Waals surface area contributed by atoms with Gasteiger partial charge in [0.2, 0.25) is 0 Å². The van der Waals surface area contributed by atoms with Crippen molar-refractivity contribution in [2.24, 2.45) is 4.99 Å². The summed E-state index contributed by atoms with van der Waals surface area (Å²) < 4.78 is 24.4. The van der Waals surface area contributed by atoms with Crippen LogP contribution in [0.4, 0.5) is 0 Å². The highest BCUT2D eigenvalue weighted by molar-refractivity contribution is 7.93. The van der Waals surface area contributed by atoms with E-state index < -0.39 is 15.9 Å². The Morgan fingerprint density at radius 1 is 1.45 bits per heavy atom. The lowest BCUT2D eigenvalue weighted by molar-refractivity contribution is 0.206. The molecule has 3 N–H and O–H groups in total. The second-order valence-electron chi connectivity index (χ2n) is 5.04. The first-order valence-electron chi connectivity index (χ1n) is 7.38. The molecule has 0 amide bonds. The zero-order valence-electron chi connectivity index (χ0n) is 13.2. The van der Waals surface area contributed by atoms with Gasteiger partial charge in [-0.15, -0.1) is 11.3 Å². The van der Waals surface area contributed by atoms with Crippen LogP contribution in [-0.4, -0.2) is 50.5 Å². The molecular weight excluding hydrogens is 322 g/mol. The molecule has 126 valence electrons. The van der Waals surface area contributed by atoms with Crippen molar-refractivity contribution in [2.75, 3.05) is 18.8 Å². The number of sulfone groups is 1. The van der Waals surface area contributed by atoms with E-state index >= 15 is 0 Å². The molecule has 0 radical (unpaired) electrons. The van der Waals surface area contributed by atoms with Crippen LogP contribution in [0.1, 0.15) is 27.2 Å². The molecule has 0 bridgehead atoms. The number of thiophene rings is 1. The number of aliphatic hydroxyl groups excluding tert-OH is 1. The van der Waals surface area contributed by atoms with Gasteiger partial charge in [-0.25, -0.2) is 8.42 Å². The number of nitrogens with one attached hydrogen (secondary N) is 2. The maximum absolute atomic E-state index is 12.1. The molecule has 0 aromatic carbocycles. The van der Waals surface area contributed by atoms with E-state index in [1.807, 2.05) is 13.8 Å². The fraction of sp³-hybridized carbons (Fsp3) is 0.643. The average molecular weight is 348 g/mol. The lowest BCUT2D eigenvalue weighted by Gasteiger charge is -2.17. The first-order chi connectivity index (χ1) is 10.4. The lowest BCUT2D eigenvalue weighted by Crippen LogP contribution is -2.42. The van der Waals surface area contributed by atoms with Crippen LogP contribution in [0, 0.1) is 0 Å². The summed E-state index contributed by atoms with van der Waals surface area (Å²) in [6.07, 6.45) is -0.0841. The number of guanidine groups is 1. The maximum atomic E-state index is 12.1. The van der Waals surface area contributed by atoms with Gasteiger partial charge in [0.1, 0.15) is 4.21 Å². The summed E-state index contributed by atoms with van der Waals surface area (Å²) >= 11 is 1.16. The topological polar surface area (TPSA) is 90.8 Å². The standard InChI is InChI=1S/C14H25N3O3S2/c1-4-11(3)17-14(15-5-2)16-9-12(18)10-22(19,20)13-7-6-8-21-13/h6-8,11-12,18H,4-5,9-10H2,1-3H3,(H2,15,16,17). The second kappa shape index (κ2) is 9.12. The molecule has 0 saturated carbocycles. The van der Waals surface area contributed by atoms with E-state index in [4.69, 9.17) is 0 Å². The van der Waals surface area contributed by atoms with Crippen molar-refractivity contribution in [2.45, 2.75) is 43.5 Å². The minimum absolute atomic E-state index is 0.0381. The van der Waals surface area contributed by atoms with Gasteiger partial charge in [0, 0.05) is 12.6 Å². The van der Waals surface area contributed by atoms with Crippen LogP contribution in [0.2, 0.25) is 0 Å². The summed E-state index contributed by atoms with van der Waals surface area (Å²) in [5.41, 5.74) is 0. The van der Waals surface area contributed by atoms with E-state index in [1.165, 1.54) is 0 Å². The number of aliphatic hydroxyl groups is 1. The van der Waals surface area contributed by atoms with E-state index in [-0.39, 0.29) is 22.5 Å². The summed E-state index contributed by atoms with van der Waals surface area (Å²) in [7, 11) is -3.45. The van der Waals surface area contributed by atoms with Gasteiger partial charge in [0.15, 0.2) is 15.8 Å². The highest BCUT2D eigenvalue weighted by Crippen LogP contribution is 2.18. The van der Waals surface area contributed by atoms with Gasteiger partial charge in [0.25, 0.3) is 0 Å². The lowest BCUT2D eigenvalue weighted by atomic mass is 10.3. The predicted molar refractivity (Wildman–Crippen MR) is 91.2 cm³/mol. The van der Waals surface area contributed by atoms with Crippen LogP contribution >= 0.6 is 11.3 Å². The fourth-order valence-electron chi connectivity index (χ4n) is 1.68. The van der Waals surface area contributed by atoms with Gasteiger partial charge in [0.05, 0.1) is 18.4 Å². The van der Waals surface area contributed by atoms with Gasteiger partial charge in [-0.2, -0.15) is 0 Å². The van der Waals surface area contributed by atoms with E-state index in [0.717, 1.165) is 17.8 Å². The van der Waals surface area contributed by atoms with Crippen LogP contribution in [0.25, 0.3) is 0 Å². The van der Waals surface area contributed by atoms with Gasteiger partial charge < -0.3 is 15.7 Å². The highest BCUT2D eigenvalue weighted by atomic mass is 32.2. The van der Waals surface area contributed by atoms with Crippen LogP contribution in [0.3, 0.4) is 0 Å². The van der Waals surface area contributed by atoms with Crippen molar-refractivity contribution < 1.29 is 13.5 Å². The minimum atomic E-state index is -3.45. The Hall–Kier alpha value is -1.12. The molecule has 1 aromatic rings. The third-order valence-corrected chi connectivity index (χ3v) is 6.30. The Morgan fingerprint density at radius 2 is 2.18 bits per heavy atom. The van der Waals surface area contributed by atoms with E-state index in [1.54, 1.807) is 17.5 Å². The van der Waals surface area contributed by atoms with Crippen LogP contribution in [0.15, 0.2) is 26.7 Å². The molecule has 0 spiro atoms. The Morgan fingerprint density at radius 3 is 2.73 bits per heavy atom. The Bertz CT molecular complexity index is 556. The van der Waals surface area contributed by atoms with Gasteiger partial charge >= 0.3 is 0 Å². The SMILES string of the molecule is CCNC(=NCC(O)CS(=O)(=O)c1cccs1)NC(C)CC. The molecule has 0 saturated heterocycles. The van der Waals surface area contributed by atoms with Crippen molar-refractivity contribution in [3.8, 4) is 0 Å². The number of nitrogens with zero attached hydrogens (tertiary/aromatic N) is 1. The number of rotatable bonds is 8. The number of hydrogen-bond acceptors (Lipinski definition) is 5. The largest absolute Gasteiger partial charge is 0.390 e. The van der Waals surface area contributed by atoms with E-state index in [9.17, 15) is 13.5 Å². The molecule has 6 nitrogen and oxygen atoms in total. The van der Waals surface area contributed by atoms with E-state index in [2.05, 4.69) is 22.5 Å². The van der Waals surface area contributed by atoms with Crippen LogP contribution in [-0.2, 0) is 9.84 Å². The van der Waals surface area contributed by atoms with Crippen LogP contribution in [0.5, 0.6) is 0 Å². The van der Waals surface area contributed by atoms with E-state index in [0.29, 0.717) is 12.5 Å². The summed E-state index contributed by atoms with van der Waals surface area (Å²) in [5, 5.41) is 17.9. The quantitative estimate of drug-likeness (QED) is 0.486. The molecular formula is C14H25N3O3S2. The predicted octanol–water partition coefficient (Wildman–Crippen LogP) is 1.24. The van der Waals surface area contributed by atoms with Crippen LogP contribution < -0.4 is 10.6 Å². The third kappa shape index (κ3) is 6.33. The molecule has 1 heterocycles. The molecule has 2 atom stereocenters. The summed E-state index contributed by atoms with van der Waals surface area (Å²) in [5.74, 6) is 0.268. The van der Waals surface area contributed by atoms with Crippen molar-refractivity contribution in [3.63, 3.8) is 0 Å². The normalized spacial score (nSPS) is 15.4. The molecule has 0 aliphatic carbocycles. The molecule has 0 aliphatic heterocycles. The molecule has 0 fully saturated rings. The van der Waals surface area contributed by atoms with Gasteiger partial charge in [-0.3, -0.25) is 4.99 Å². The summed E-state index contributed by atoms with van der Waals surface area (Å²) in [6, 6.07) is 3.48. The molecule has 8 heteroatoms. The monoisotopic (exact) mass is 347 g/mol. The second-order valence-corrected chi connectivity index (χ2v) is 8.25. The smallest absolute Gasteiger partial charge is 0.191 e. The first-order valence-corrected chi connectivity index (χ1v) is 9.91. The number of hydrogen-bond donors (Lipinski definition) is 3. The van der Waals surface area contributed by atoms with Crippen molar-refractivity contribution in [3.05, 3.63) is 17.5 Å².